The summed E-state index contributed by atoms with van der Waals surface area (Å²) in [6.07, 6.45) is 8.25. The summed E-state index contributed by atoms with van der Waals surface area (Å²) in [5, 5.41) is 21.0. The molecule has 164 valence electrons. The summed E-state index contributed by atoms with van der Waals surface area (Å²) in [5.74, 6) is -1.08. The largest absolute Gasteiger partial charge is 0.481 e. The first-order chi connectivity index (χ1) is 14.9. The summed E-state index contributed by atoms with van der Waals surface area (Å²) in [4.78, 5) is 33.0. The van der Waals surface area contributed by atoms with E-state index in [4.69, 9.17) is 4.84 Å². The van der Waals surface area contributed by atoms with Crippen molar-refractivity contribution in [3.8, 4) is 0 Å². The van der Waals surface area contributed by atoms with E-state index in [-0.39, 0.29) is 23.9 Å². The molecule has 1 amide bonds. The number of fused-ring (bicyclic) bond motifs is 1. The van der Waals surface area contributed by atoms with Gasteiger partial charge in [0.25, 0.3) is 0 Å². The molecule has 4 N–H and O–H groups in total. The van der Waals surface area contributed by atoms with Crippen molar-refractivity contribution in [3.63, 3.8) is 0 Å². The zero-order chi connectivity index (χ0) is 21.8. The van der Waals surface area contributed by atoms with E-state index >= 15 is 0 Å². The lowest BCUT2D eigenvalue weighted by Gasteiger charge is -2.41. The minimum Gasteiger partial charge on any atom is -0.481 e. The first kappa shape index (κ1) is 19.8. The number of rotatable bonds is 6. The molecule has 2 fully saturated rings. The van der Waals surface area contributed by atoms with Crippen molar-refractivity contribution in [2.24, 2.45) is 5.92 Å². The fourth-order valence-electron chi connectivity index (χ4n) is 4.74. The topological polar surface area (TPSA) is 130 Å². The summed E-state index contributed by atoms with van der Waals surface area (Å²) in [7, 11) is 0. The average molecular weight is 426 g/mol. The van der Waals surface area contributed by atoms with Crippen LogP contribution in [0.2, 0.25) is 0 Å². The standard InChI is InChI=1S/C21H26N6O4/c1-3-27-19-16(10-23-27)18(25-13-4-12(5-13)20(29)30)15(9-22-19)17-8-21(31-26-17)6-14(7-21)24-11(2)28/h8-10,12-14,26H,3-7H2,1-2H3,(H,22,25)(H,24,28)(H,29,30). The summed E-state index contributed by atoms with van der Waals surface area (Å²) < 4.78 is 1.84. The number of pyridine rings is 1. The van der Waals surface area contributed by atoms with Gasteiger partial charge < -0.3 is 15.7 Å². The molecule has 0 bridgehead atoms. The summed E-state index contributed by atoms with van der Waals surface area (Å²) in [5.41, 5.74) is 5.96. The Morgan fingerprint density at radius 1 is 1.32 bits per heavy atom. The molecule has 0 atom stereocenters. The Balaban J connectivity index is 1.44. The Bertz CT molecular complexity index is 1080. The highest BCUT2D eigenvalue weighted by Crippen LogP contribution is 2.44. The Labute approximate surface area is 179 Å². The maximum absolute atomic E-state index is 11.3. The van der Waals surface area contributed by atoms with Gasteiger partial charge in [0, 0.05) is 50.2 Å². The van der Waals surface area contributed by atoms with E-state index in [1.165, 1.54) is 6.92 Å². The number of amides is 1. The number of hydrogen-bond acceptors (Lipinski definition) is 7. The van der Waals surface area contributed by atoms with Crippen LogP contribution in [-0.4, -0.2) is 49.4 Å². The lowest BCUT2D eigenvalue weighted by atomic mass is 9.75. The van der Waals surface area contributed by atoms with Crippen molar-refractivity contribution in [3.05, 3.63) is 24.0 Å². The van der Waals surface area contributed by atoms with Gasteiger partial charge >= 0.3 is 5.97 Å². The molecule has 10 nitrogen and oxygen atoms in total. The Morgan fingerprint density at radius 2 is 2.10 bits per heavy atom. The maximum Gasteiger partial charge on any atom is 0.306 e. The molecule has 3 aliphatic rings. The fraction of sp³-hybridized carbons (Fsp3) is 0.524. The number of aliphatic carboxylic acids is 1. The van der Waals surface area contributed by atoms with Gasteiger partial charge in [0.1, 0.15) is 5.60 Å². The quantitative estimate of drug-likeness (QED) is 0.548. The van der Waals surface area contributed by atoms with Crippen LogP contribution in [0.3, 0.4) is 0 Å². The Kier molecular flexibility index (Phi) is 4.62. The molecular formula is C21H26N6O4. The third-order valence-electron chi connectivity index (χ3n) is 6.45. The minimum atomic E-state index is -0.744. The number of aromatic nitrogens is 3. The molecular weight excluding hydrogens is 400 g/mol. The highest BCUT2D eigenvalue weighted by Gasteiger charge is 2.48. The van der Waals surface area contributed by atoms with Crippen LogP contribution in [0, 0.1) is 5.92 Å². The van der Waals surface area contributed by atoms with Gasteiger partial charge in [0.05, 0.1) is 28.9 Å². The van der Waals surface area contributed by atoms with E-state index < -0.39 is 11.6 Å². The molecule has 31 heavy (non-hydrogen) atoms. The number of carbonyl (C=O) groups is 2. The second-order valence-electron chi connectivity index (χ2n) is 8.72. The molecule has 2 saturated carbocycles. The minimum absolute atomic E-state index is 0.0377. The van der Waals surface area contributed by atoms with Gasteiger partial charge in [-0.25, -0.2) is 9.67 Å². The summed E-state index contributed by atoms with van der Waals surface area (Å²) >= 11 is 0. The summed E-state index contributed by atoms with van der Waals surface area (Å²) in [6, 6.07) is 0.193. The predicted octanol–water partition coefficient (Wildman–Crippen LogP) is 1.64. The van der Waals surface area contributed by atoms with Crippen molar-refractivity contribution in [1.29, 1.82) is 0 Å². The van der Waals surface area contributed by atoms with Gasteiger partial charge in [0.15, 0.2) is 5.65 Å². The fourth-order valence-corrected chi connectivity index (χ4v) is 4.74. The predicted molar refractivity (Wildman–Crippen MR) is 113 cm³/mol. The number of anilines is 1. The molecule has 5 rings (SSSR count). The van der Waals surface area contributed by atoms with Crippen LogP contribution in [-0.2, 0) is 21.0 Å². The van der Waals surface area contributed by atoms with E-state index in [2.05, 4.69) is 32.3 Å². The normalized spacial score (nSPS) is 29.1. The Hall–Kier alpha value is -3.14. The SMILES string of the molecule is CCn1ncc2c(NC3CC(C(=O)O)C3)c(C3=CC4(CC(NC(C)=O)C4)ON3)cnc21. The van der Waals surface area contributed by atoms with E-state index in [1.807, 2.05) is 11.6 Å². The van der Waals surface area contributed by atoms with E-state index in [0.29, 0.717) is 32.2 Å². The lowest BCUT2D eigenvalue weighted by molar-refractivity contribution is -0.144. The van der Waals surface area contributed by atoms with Gasteiger partial charge in [0.2, 0.25) is 5.91 Å². The second kappa shape index (κ2) is 7.23. The molecule has 0 saturated heterocycles. The van der Waals surface area contributed by atoms with Crippen molar-refractivity contribution in [1.82, 2.24) is 25.6 Å². The first-order valence-electron chi connectivity index (χ1n) is 10.7. The molecule has 1 aliphatic heterocycles. The smallest absolute Gasteiger partial charge is 0.306 e. The molecule has 1 spiro atoms. The first-order valence-corrected chi connectivity index (χ1v) is 10.7. The molecule has 2 aromatic rings. The lowest BCUT2D eigenvalue weighted by Crippen LogP contribution is -2.54. The van der Waals surface area contributed by atoms with Crippen molar-refractivity contribution in [2.75, 3.05) is 5.32 Å². The van der Waals surface area contributed by atoms with Crippen molar-refractivity contribution in [2.45, 2.75) is 63.8 Å². The number of hydroxylamine groups is 1. The average Bonchev–Trinajstić information content (AvgIpc) is 3.27. The maximum atomic E-state index is 11.3. The molecule has 0 radical (unpaired) electrons. The van der Waals surface area contributed by atoms with E-state index in [9.17, 15) is 14.7 Å². The molecule has 10 heteroatoms. The van der Waals surface area contributed by atoms with Crippen LogP contribution in [0.15, 0.2) is 18.5 Å². The third-order valence-corrected chi connectivity index (χ3v) is 6.45. The molecule has 0 unspecified atom stereocenters. The van der Waals surface area contributed by atoms with Crippen LogP contribution in [0.4, 0.5) is 5.69 Å². The molecule has 2 aromatic heterocycles. The highest BCUT2D eigenvalue weighted by molar-refractivity contribution is 5.96. The second-order valence-corrected chi connectivity index (χ2v) is 8.72. The van der Waals surface area contributed by atoms with Crippen molar-refractivity contribution < 1.29 is 19.5 Å². The van der Waals surface area contributed by atoms with Gasteiger partial charge in [-0.15, -0.1) is 0 Å². The zero-order valence-corrected chi connectivity index (χ0v) is 17.5. The highest BCUT2D eigenvalue weighted by atomic mass is 16.7. The van der Waals surface area contributed by atoms with Crippen LogP contribution in [0.25, 0.3) is 16.7 Å². The number of hydrogen-bond donors (Lipinski definition) is 4. The number of nitrogens with one attached hydrogen (secondary N) is 3. The van der Waals surface area contributed by atoms with Crippen LogP contribution >= 0.6 is 0 Å². The number of nitrogens with zero attached hydrogens (tertiary/aromatic N) is 3. The van der Waals surface area contributed by atoms with Gasteiger partial charge in [-0.05, 0) is 25.8 Å². The molecule has 0 aromatic carbocycles. The van der Waals surface area contributed by atoms with E-state index in [1.54, 1.807) is 12.4 Å². The van der Waals surface area contributed by atoms with Gasteiger partial charge in [-0.2, -0.15) is 5.10 Å². The zero-order valence-electron chi connectivity index (χ0n) is 17.5. The number of carbonyl (C=O) groups excluding carboxylic acids is 1. The number of aryl methyl sites for hydroxylation is 1. The van der Waals surface area contributed by atoms with Gasteiger partial charge in [-0.1, -0.05) is 0 Å². The summed E-state index contributed by atoms with van der Waals surface area (Å²) in [6.45, 7) is 4.24. The monoisotopic (exact) mass is 426 g/mol. The van der Waals surface area contributed by atoms with Crippen LogP contribution in [0.5, 0.6) is 0 Å². The number of carboxylic acid groups (broad SMARTS) is 1. The Morgan fingerprint density at radius 3 is 2.77 bits per heavy atom. The van der Waals surface area contributed by atoms with Crippen molar-refractivity contribution >= 4 is 34.3 Å². The van der Waals surface area contributed by atoms with Crippen LogP contribution < -0.4 is 16.1 Å². The van der Waals surface area contributed by atoms with Crippen LogP contribution in [0.1, 0.15) is 45.1 Å². The number of carboxylic acids is 1. The third kappa shape index (κ3) is 3.40. The van der Waals surface area contributed by atoms with Gasteiger partial charge in [-0.3, -0.25) is 19.9 Å². The van der Waals surface area contributed by atoms with E-state index in [0.717, 1.165) is 28.0 Å². The molecule has 3 heterocycles. The molecule has 2 aliphatic carbocycles.